The van der Waals surface area contributed by atoms with Gasteiger partial charge in [-0.3, -0.25) is 9.78 Å². The van der Waals surface area contributed by atoms with Gasteiger partial charge in [0.1, 0.15) is 18.2 Å². The molecule has 0 aliphatic heterocycles. The number of rotatable bonds is 6. The summed E-state index contributed by atoms with van der Waals surface area (Å²) < 4.78 is 19.2. The number of hydrogen-bond donors (Lipinski definition) is 1. The number of pyridine rings is 1. The zero-order valence-electron chi connectivity index (χ0n) is 13.8. The molecule has 4 nitrogen and oxygen atoms in total. The van der Waals surface area contributed by atoms with E-state index in [1.54, 1.807) is 6.20 Å². The number of nitrogens with zero attached hydrogens (tertiary/aromatic N) is 1. The van der Waals surface area contributed by atoms with Crippen LogP contribution in [0.15, 0.2) is 71.3 Å². The molecule has 132 valence electrons. The van der Waals surface area contributed by atoms with Gasteiger partial charge in [-0.15, -0.1) is 0 Å². The summed E-state index contributed by atoms with van der Waals surface area (Å²) in [6.45, 7) is 0.763. The summed E-state index contributed by atoms with van der Waals surface area (Å²) >= 11 is 3.20. The van der Waals surface area contributed by atoms with Crippen LogP contribution in [0, 0.1) is 5.82 Å². The first kappa shape index (κ1) is 18.1. The molecule has 0 aliphatic carbocycles. The topological polar surface area (TPSA) is 51.2 Å². The van der Waals surface area contributed by atoms with E-state index in [2.05, 4.69) is 26.2 Å². The van der Waals surface area contributed by atoms with Gasteiger partial charge in [0.2, 0.25) is 0 Å². The molecule has 0 aliphatic rings. The number of nitrogens with one attached hydrogen (secondary N) is 1. The van der Waals surface area contributed by atoms with Gasteiger partial charge in [0, 0.05) is 17.2 Å². The third kappa shape index (κ3) is 4.89. The van der Waals surface area contributed by atoms with Gasteiger partial charge in [-0.2, -0.15) is 0 Å². The zero-order chi connectivity index (χ0) is 18.4. The Labute approximate surface area is 159 Å². The fourth-order valence-electron chi connectivity index (χ4n) is 2.30. The van der Waals surface area contributed by atoms with E-state index in [-0.39, 0.29) is 5.91 Å². The molecule has 0 spiro atoms. The van der Waals surface area contributed by atoms with Crippen molar-refractivity contribution in [3.63, 3.8) is 0 Å². The van der Waals surface area contributed by atoms with Gasteiger partial charge in [0.05, 0.1) is 11.3 Å². The van der Waals surface area contributed by atoms with E-state index in [1.807, 2.05) is 42.5 Å². The van der Waals surface area contributed by atoms with Crippen molar-refractivity contribution < 1.29 is 13.9 Å². The number of carbonyl (C=O) groups is 1. The van der Waals surface area contributed by atoms with Crippen LogP contribution < -0.4 is 10.1 Å². The predicted octanol–water partition coefficient (Wildman–Crippen LogP) is 4.49. The average molecular weight is 415 g/mol. The molecule has 6 heteroatoms. The maximum absolute atomic E-state index is 13.1. The number of hydrogen-bond acceptors (Lipinski definition) is 3. The lowest BCUT2D eigenvalue weighted by molar-refractivity contribution is 0.0950. The van der Waals surface area contributed by atoms with Crippen molar-refractivity contribution in [1.29, 1.82) is 0 Å². The maximum Gasteiger partial charge on any atom is 0.252 e. The van der Waals surface area contributed by atoms with Crippen LogP contribution in [0.2, 0.25) is 0 Å². The van der Waals surface area contributed by atoms with E-state index < -0.39 is 5.82 Å². The second kappa shape index (κ2) is 8.58. The van der Waals surface area contributed by atoms with E-state index in [0.717, 1.165) is 17.0 Å². The fourth-order valence-corrected chi connectivity index (χ4v) is 2.83. The Kier molecular flexibility index (Phi) is 5.96. The van der Waals surface area contributed by atoms with Gasteiger partial charge < -0.3 is 10.1 Å². The van der Waals surface area contributed by atoms with Crippen molar-refractivity contribution in [2.75, 3.05) is 0 Å². The second-order valence-electron chi connectivity index (χ2n) is 5.56. The summed E-state index contributed by atoms with van der Waals surface area (Å²) in [5.74, 6) is 0.0640. The third-order valence-corrected chi connectivity index (χ3v) is 4.32. The minimum atomic E-state index is -0.394. The molecule has 0 fully saturated rings. The minimum absolute atomic E-state index is 0.271. The van der Waals surface area contributed by atoms with E-state index in [9.17, 15) is 9.18 Å². The summed E-state index contributed by atoms with van der Waals surface area (Å²) in [7, 11) is 0. The largest absolute Gasteiger partial charge is 0.487 e. The van der Waals surface area contributed by atoms with Gasteiger partial charge >= 0.3 is 0 Å². The van der Waals surface area contributed by atoms with Crippen molar-refractivity contribution in [3.8, 4) is 5.75 Å². The molecule has 0 saturated carbocycles. The number of amides is 1. The number of benzene rings is 2. The van der Waals surface area contributed by atoms with E-state index >= 15 is 0 Å². The monoisotopic (exact) mass is 414 g/mol. The van der Waals surface area contributed by atoms with Crippen LogP contribution in [0.25, 0.3) is 0 Å². The molecule has 26 heavy (non-hydrogen) atoms. The van der Waals surface area contributed by atoms with E-state index in [1.165, 1.54) is 18.2 Å². The van der Waals surface area contributed by atoms with Gasteiger partial charge in [-0.05, 0) is 64.0 Å². The van der Waals surface area contributed by atoms with Crippen LogP contribution in [0.1, 0.15) is 21.6 Å². The van der Waals surface area contributed by atoms with Crippen molar-refractivity contribution in [3.05, 3.63) is 94.0 Å². The molecule has 0 unspecified atom stereocenters. The average Bonchev–Trinajstić information content (AvgIpc) is 2.66. The Morgan fingerprint density at radius 2 is 1.92 bits per heavy atom. The molecule has 0 radical (unpaired) electrons. The summed E-state index contributed by atoms with van der Waals surface area (Å²) in [4.78, 5) is 16.4. The molecule has 1 amide bonds. The summed E-state index contributed by atoms with van der Waals surface area (Å²) in [5, 5.41) is 2.81. The molecule has 1 aromatic heterocycles. The highest BCUT2D eigenvalue weighted by molar-refractivity contribution is 9.10. The van der Waals surface area contributed by atoms with Crippen LogP contribution in [0.5, 0.6) is 5.75 Å². The summed E-state index contributed by atoms with van der Waals surface area (Å²) in [6, 6.07) is 17.1. The minimum Gasteiger partial charge on any atom is -0.487 e. The van der Waals surface area contributed by atoms with E-state index in [0.29, 0.717) is 23.2 Å². The van der Waals surface area contributed by atoms with Crippen LogP contribution in [0.3, 0.4) is 0 Å². The van der Waals surface area contributed by atoms with Crippen LogP contribution in [0.4, 0.5) is 4.39 Å². The Balaban J connectivity index is 1.53. The second-order valence-corrected chi connectivity index (χ2v) is 6.41. The van der Waals surface area contributed by atoms with Crippen LogP contribution in [-0.4, -0.2) is 10.9 Å². The van der Waals surface area contributed by atoms with Crippen molar-refractivity contribution >= 4 is 21.8 Å². The molecular weight excluding hydrogens is 399 g/mol. The highest BCUT2D eigenvalue weighted by Gasteiger charge is 2.10. The molecule has 1 heterocycles. The molecule has 2 aromatic carbocycles. The number of aromatic nitrogens is 1. The number of halogens is 2. The lowest BCUT2D eigenvalue weighted by atomic mass is 10.2. The van der Waals surface area contributed by atoms with Crippen LogP contribution in [-0.2, 0) is 13.2 Å². The molecule has 3 aromatic rings. The SMILES string of the molecule is O=C(NCc1ccc(OCc2ccccn2)cc1)c1ccc(F)cc1Br. The van der Waals surface area contributed by atoms with Crippen molar-refractivity contribution in [2.45, 2.75) is 13.2 Å². The summed E-state index contributed by atoms with van der Waals surface area (Å²) in [5.41, 5.74) is 2.18. The van der Waals surface area contributed by atoms with Gasteiger partial charge in [0.25, 0.3) is 5.91 Å². The van der Waals surface area contributed by atoms with Gasteiger partial charge in [-0.1, -0.05) is 18.2 Å². The highest BCUT2D eigenvalue weighted by Crippen LogP contribution is 2.18. The van der Waals surface area contributed by atoms with Crippen LogP contribution >= 0.6 is 15.9 Å². The fraction of sp³-hybridized carbons (Fsp3) is 0.100. The first-order valence-corrected chi connectivity index (χ1v) is 8.76. The highest BCUT2D eigenvalue weighted by atomic mass is 79.9. The Hall–Kier alpha value is -2.73. The first-order valence-electron chi connectivity index (χ1n) is 7.97. The molecule has 0 atom stereocenters. The first-order chi connectivity index (χ1) is 12.6. The Morgan fingerprint density at radius 3 is 2.62 bits per heavy atom. The predicted molar refractivity (Wildman–Crippen MR) is 100 cm³/mol. The van der Waals surface area contributed by atoms with Crippen molar-refractivity contribution in [2.24, 2.45) is 0 Å². The number of carbonyl (C=O) groups excluding carboxylic acids is 1. The Morgan fingerprint density at radius 1 is 1.12 bits per heavy atom. The summed E-state index contributed by atoms with van der Waals surface area (Å²) in [6.07, 6.45) is 1.73. The Bertz CT molecular complexity index is 886. The lowest BCUT2D eigenvalue weighted by Crippen LogP contribution is -2.23. The zero-order valence-corrected chi connectivity index (χ0v) is 15.4. The molecule has 0 bridgehead atoms. The lowest BCUT2D eigenvalue weighted by Gasteiger charge is -2.09. The van der Waals surface area contributed by atoms with Crippen molar-refractivity contribution in [1.82, 2.24) is 10.3 Å². The van der Waals surface area contributed by atoms with Gasteiger partial charge in [-0.25, -0.2) is 4.39 Å². The molecule has 1 N–H and O–H groups in total. The van der Waals surface area contributed by atoms with Gasteiger partial charge in [0.15, 0.2) is 0 Å². The standard InChI is InChI=1S/C20H16BrFN2O2/c21-19-11-15(22)6-9-18(19)20(25)24-12-14-4-7-17(8-5-14)26-13-16-3-1-2-10-23-16/h1-11H,12-13H2,(H,24,25). The number of ether oxygens (including phenoxy) is 1. The quantitative estimate of drug-likeness (QED) is 0.646. The normalized spacial score (nSPS) is 10.4. The smallest absolute Gasteiger partial charge is 0.252 e. The molecule has 3 rings (SSSR count). The maximum atomic E-state index is 13.1. The molecule has 0 saturated heterocycles. The third-order valence-electron chi connectivity index (χ3n) is 3.67. The van der Waals surface area contributed by atoms with E-state index in [4.69, 9.17) is 4.74 Å². The molecular formula is C20H16BrFN2O2.